The van der Waals surface area contributed by atoms with E-state index in [4.69, 9.17) is 0 Å². The Balaban J connectivity index is 2.01. The van der Waals surface area contributed by atoms with E-state index in [0.717, 1.165) is 11.2 Å². The minimum Gasteiger partial charge on any atom is -0.302 e. The fraction of sp³-hybridized carbons (Fsp3) is 1.00. The van der Waals surface area contributed by atoms with Crippen LogP contribution in [0.5, 0.6) is 0 Å². The number of piperidine rings is 3. The van der Waals surface area contributed by atoms with Crippen molar-refractivity contribution in [2.75, 3.05) is 25.9 Å². The molecule has 0 aliphatic carbocycles. The first kappa shape index (κ1) is 6.99. The Kier molecular flexibility index (Phi) is 1.92. The highest BCUT2D eigenvalue weighted by Gasteiger charge is 2.33. The van der Waals surface area contributed by atoms with E-state index in [1.165, 1.54) is 32.5 Å². The zero-order valence-electron chi connectivity index (χ0n) is 6.55. The quantitative estimate of drug-likeness (QED) is 0.566. The largest absolute Gasteiger partial charge is 0.302 e. The van der Waals surface area contributed by atoms with E-state index < -0.39 is 0 Å². The molecule has 3 aliphatic rings. The van der Waals surface area contributed by atoms with E-state index in [-0.39, 0.29) is 0 Å². The highest BCUT2D eigenvalue weighted by atomic mass is 32.2. The van der Waals surface area contributed by atoms with Gasteiger partial charge in [-0.15, -0.1) is 0 Å². The number of hydrogen-bond acceptors (Lipinski definition) is 2. The summed E-state index contributed by atoms with van der Waals surface area (Å²) in [4.78, 5) is 2.61. The standard InChI is InChI=1S/C8H15NS/c1-10-8-6-9-4-2-7(8)3-5-9/h7-8H,2-6H2,1H3. The summed E-state index contributed by atoms with van der Waals surface area (Å²) in [5.74, 6) is 1.06. The topological polar surface area (TPSA) is 3.24 Å². The van der Waals surface area contributed by atoms with Crippen LogP contribution in [-0.2, 0) is 0 Å². The van der Waals surface area contributed by atoms with Crippen LogP contribution < -0.4 is 0 Å². The summed E-state index contributed by atoms with van der Waals surface area (Å²) in [5.41, 5.74) is 0. The van der Waals surface area contributed by atoms with E-state index in [2.05, 4.69) is 22.9 Å². The molecule has 0 aromatic rings. The number of fused-ring (bicyclic) bond motifs is 3. The maximum atomic E-state index is 2.61. The second kappa shape index (κ2) is 2.74. The Morgan fingerprint density at radius 2 is 2.00 bits per heavy atom. The normalized spacial score (nSPS) is 45.9. The molecule has 0 aromatic heterocycles. The number of rotatable bonds is 1. The molecule has 0 spiro atoms. The second-order valence-corrected chi connectivity index (χ2v) is 4.49. The van der Waals surface area contributed by atoms with Gasteiger partial charge in [-0.2, -0.15) is 11.8 Å². The molecule has 3 heterocycles. The van der Waals surface area contributed by atoms with Crippen LogP contribution in [0, 0.1) is 5.92 Å². The molecule has 2 bridgehead atoms. The fourth-order valence-electron chi connectivity index (χ4n) is 2.18. The highest BCUT2D eigenvalue weighted by Crippen LogP contribution is 2.33. The lowest BCUT2D eigenvalue weighted by Gasteiger charge is -2.44. The maximum Gasteiger partial charge on any atom is 0.0201 e. The highest BCUT2D eigenvalue weighted by molar-refractivity contribution is 7.99. The maximum absolute atomic E-state index is 2.61. The fourth-order valence-corrected chi connectivity index (χ4v) is 3.19. The van der Waals surface area contributed by atoms with Gasteiger partial charge in [0.05, 0.1) is 0 Å². The molecule has 0 amide bonds. The first-order valence-corrected chi connectivity index (χ1v) is 5.44. The van der Waals surface area contributed by atoms with E-state index in [1.54, 1.807) is 0 Å². The van der Waals surface area contributed by atoms with Gasteiger partial charge >= 0.3 is 0 Å². The van der Waals surface area contributed by atoms with Gasteiger partial charge in [0.2, 0.25) is 0 Å². The third kappa shape index (κ3) is 1.08. The zero-order valence-corrected chi connectivity index (χ0v) is 7.36. The molecule has 3 aliphatic heterocycles. The van der Waals surface area contributed by atoms with Crippen LogP contribution in [0.25, 0.3) is 0 Å². The monoisotopic (exact) mass is 157 g/mol. The van der Waals surface area contributed by atoms with Crippen LogP contribution in [0.2, 0.25) is 0 Å². The molecule has 10 heavy (non-hydrogen) atoms. The molecule has 58 valence electrons. The molecule has 1 nitrogen and oxygen atoms in total. The summed E-state index contributed by atoms with van der Waals surface area (Å²) in [7, 11) is 0. The predicted molar refractivity (Wildman–Crippen MR) is 46.5 cm³/mol. The third-order valence-electron chi connectivity index (χ3n) is 2.90. The van der Waals surface area contributed by atoms with Gasteiger partial charge in [-0.1, -0.05) is 0 Å². The lowest BCUT2D eigenvalue weighted by Crippen LogP contribution is -2.48. The van der Waals surface area contributed by atoms with Gasteiger partial charge < -0.3 is 4.90 Å². The van der Waals surface area contributed by atoms with E-state index >= 15 is 0 Å². The predicted octanol–water partition coefficient (Wildman–Crippen LogP) is 1.44. The van der Waals surface area contributed by atoms with Crippen molar-refractivity contribution in [3.8, 4) is 0 Å². The zero-order chi connectivity index (χ0) is 6.97. The van der Waals surface area contributed by atoms with Gasteiger partial charge in [0, 0.05) is 11.8 Å². The average Bonchev–Trinajstić information content (AvgIpc) is 2.06. The van der Waals surface area contributed by atoms with Crippen LogP contribution in [0.4, 0.5) is 0 Å². The Morgan fingerprint density at radius 3 is 2.30 bits per heavy atom. The van der Waals surface area contributed by atoms with Crippen molar-refractivity contribution in [3.05, 3.63) is 0 Å². The second-order valence-electron chi connectivity index (χ2n) is 3.41. The van der Waals surface area contributed by atoms with Crippen molar-refractivity contribution in [2.24, 2.45) is 5.92 Å². The van der Waals surface area contributed by atoms with E-state index in [9.17, 15) is 0 Å². The van der Waals surface area contributed by atoms with Crippen LogP contribution >= 0.6 is 11.8 Å². The molecule has 0 saturated carbocycles. The Labute approximate surface area is 67.2 Å². The van der Waals surface area contributed by atoms with Crippen molar-refractivity contribution in [2.45, 2.75) is 18.1 Å². The molecule has 0 aromatic carbocycles. The van der Waals surface area contributed by atoms with Gasteiger partial charge in [-0.05, 0) is 38.1 Å². The van der Waals surface area contributed by atoms with Gasteiger partial charge in [0.25, 0.3) is 0 Å². The first-order chi connectivity index (χ1) is 4.90. The minimum atomic E-state index is 0.961. The minimum absolute atomic E-state index is 0.961. The summed E-state index contributed by atoms with van der Waals surface area (Å²) in [6, 6.07) is 0. The van der Waals surface area contributed by atoms with Crippen LogP contribution in [0.1, 0.15) is 12.8 Å². The summed E-state index contributed by atoms with van der Waals surface area (Å²) in [6.07, 6.45) is 5.18. The molecule has 0 N–H and O–H groups in total. The van der Waals surface area contributed by atoms with Gasteiger partial charge in [-0.25, -0.2) is 0 Å². The molecule has 3 rings (SSSR count). The molecular weight excluding hydrogens is 142 g/mol. The third-order valence-corrected chi connectivity index (χ3v) is 4.04. The van der Waals surface area contributed by atoms with Gasteiger partial charge in [-0.3, -0.25) is 0 Å². The summed E-state index contributed by atoms with van der Waals surface area (Å²) in [6.45, 7) is 4.12. The first-order valence-electron chi connectivity index (χ1n) is 4.15. The van der Waals surface area contributed by atoms with Crippen molar-refractivity contribution in [1.29, 1.82) is 0 Å². The lowest BCUT2D eigenvalue weighted by atomic mass is 9.88. The summed E-state index contributed by atoms with van der Waals surface area (Å²) >= 11 is 2.07. The van der Waals surface area contributed by atoms with E-state index in [0.29, 0.717) is 0 Å². The Morgan fingerprint density at radius 1 is 1.30 bits per heavy atom. The average molecular weight is 157 g/mol. The molecule has 1 atom stereocenters. The smallest absolute Gasteiger partial charge is 0.0201 e. The van der Waals surface area contributed by atoms with E-state index in [1.807, 2.05) is 0 Å². The van der Waals surface area contributed by atoms with Gasteiger partial charge in [0.1, 0.15) is 0 Å². The molecule has 3 fully saturated rings. The van der Waals surface area contributed by atoms with Crippen LogP contribution in [-0.4, -0.2) is 36.0 Å². The number of hydrogen-bond donors (Lipinski definition) is 0. The lowest BCUT2D eigenvalue weighted by molar-refractivity contribution is 0.118. The summed E-state index contributed by atoms with van der Waals surface area (Å²) < 4.78 is 0. The van der Waals surface area contributed by atoms with Crippen LogP contribution in [0.15, 0.2) is 0 Å². The van der Waals surface area contributed by atoms with Crippen LogP contribution in [0.3, 0.4) is 0 Å². The van der Waals surface area contributed by atoms with Gasteiger partial charge in [0.15, 0.2) is 0 Å². The molecular formula is C8H15NS. The van der Waals surface area contributed by atoms with Crippen molar-refractivity contribution < 1.29 is 0 Å². The molecule has 3 saturated heterocycles. The van der Waals surface area contributed by atoms with Crippen molar-refractivity contribution in [1.82, 2.24) is 4.90 Å². The molecule has 2 heteroatoms. The number of nitrogens with zero attached hydrogens (tertiary/aromatic N) is 1. The summed E-state index contributed by atoms with van der Waals surface area (Å²) in [5, 5.41) is 0.961. The Bertz CT molecular complexity index is 118. The van der Waals surface area contributed by atoms with Crippen molar-refractivity contribution >= 4 is 11.8 Å². The van der Waals surface area contributed by atoms with Crippen molar-refractivity contribution in [3.63, 3.8) is 0 Å². The molecule has 0 radical (unpaired) electrons. The number of thioether (sulfide) groups is 1. The SMILES string of the molecule is CSC1CN2CCC1CC2. The Hall–Kier alpha value is 0.310. The molecule has 1 unspecified atom stereocenters.